The lowest BCUT2D eigenvalue weighted by Gasteiger charge is -2.37. The molecule has 29 heavy (non-hydrogen) atoms. The maximum Gasteiger partial charge on any atom is 0.250 e. The number of hydrogen-bond acceptors (Lipinski definition) is 4. The molecule has 0 unspecified atom stereocenters. The van der Waals surface area contributed by atoms with Crippen LogP contribution < -0.4 is 5.32 Å². The number of nitrogens with one attached hydrogen (secondary N) is 1. The van der Waals surface area contributed by atoms with Gasteiger partial charge in [-0.25, -0.2) is 0 Å². The number of nitrogens with zero attached hydrogens (tertiary/aromatic N) is 4. The van der Waals surface area contributed by atoms with Crippen LogP contribution in [0.15, 0.2) is 36.7 Å². The van der Waals surface area contributed by atoms with Gasteiger partial charge in [0.25, 0.3) is 0 Å². The van der Waals surface area contributed by atoms with E-state index in [1.807, 2.05) is 50.8 Å². The first-order valence-electron chi connectivity index (χ1n) is 10.4. The van der Waals surface area contributed by atoms with Gasteiger partial charge in [0, 0.05) is 44.1 Å². The van der Waals surface area contributed by atoms with Gasteiger partial charge in [-0.15, -0.1) is 0 Å². The number of rotatable bonds is 4. The smallest absolute Gasteiger partial charge is 0.250 e. The first-order valence-corrected chi connectivity index (χ1v) is 10.4. The molecule has 2 fully saturated rings. The summed E-state index contributed by atoms with van der Waals surface area (Å²) in [6.45, 7) is 1.49. The fourth-order valence-corrected chi connectivity index (χ4v) is 5.64. The molecule has 1 N–H and O–H groups in total. The second-order valence-corrected chi connectivity index (χ2v) is 8.58. The monoisotopic (exact) mass is 393 g/mol. The Morgan fingerprint density at radius 1 is 1.38 bits per heavy atom. The van der Waals surface area contributed by atoms with Gasteiger partial charge >= 0.3 is 0 Å². The van der Waals surface area contributed by atoms with Crippen LogP contribution in [0.2, 0.25) is 0 Å². The summed E-state index contributed by atoms with van der Waals surface area (Å²) in [7, 11) is 3.75. The Morgan fingerprint density at radius 3 is 3.00 bits per heavy atom. The van der Waals surface area contributed by atoms with Crippen molar-refractivity contribution in [3.05, 3.63) is 47.8 Å². The summed E-state index contributed by atoms with van der Waals surface area (Å²) in [5, 5.41) is 7.27. The summed E-state index contributed by atoms with van der Waals surface area (Å²) in [6, 6.07) is 8.17. The van der Waals surface area contributed by atoms with Crippen molar-refractivity contribution in [2.75, 3.05) is 25.5 Å². The van der Waals surface area contributed by atoms with Crippen LogP contribution in [0.4, 0.5) is 5.69 Å². The Labute approximate surface area is 170 Å². The number of aryl methyl sites for hydroxylation is 1. The summed E-state index contributed by atoms with van der Waals surface area (Å²) >= 11 is 0. The Kier molecular flexibility index (Phi) is 4.24. The van der Waals surface area contributed by atoms with Gasteiger partial charge < -0.3 is 10.2 Å². The number of fused-ring (bicyclic) bond motifs is 4. The minimum Gasteiger partial charge on any atom is -0.345 e. The zero-order valence-corrected chi connectivity index (χ0v) is 17.0. The highest BCUT2D eigenvalue weighted by atomic mass is 16.2. The Hall–Kier alpha value is -2.67. The number of amides is 2. The number of carbonyl (C=O) groups is 2. The second-order valence-electron chi connectivity index (χ2n) is 8.58. The number of likely N-dealkylation sites (N-methyl/N-ethyl adjacent to an activating group) is 1. The van der Waals surface area contributed by atoms with Crippen LogP contribution in [0.3, 0.4) is 0 Å². The standard InChI is InChI=1S/C22H27N5O2/c1-25(11-9-15-13-23-26(2)14-15)20(28)18-12-16-6-5-10-27(16)22(18)17-7-3-4-8-19(17)24-21(22)29/h3-4,7-8,13-14,16,18H,5-6,9-12H2,1-2H3,(H,24,29)/t16-,18-,22+/m1/s1. The molecule has 2 amide bonds. The van der Waals surface area contributed by atoms with Crippen LogP contribution in [0.25, 0.3) is 0 Å². The van der Waals surface area contributed by atoms with Crippen LogP contribution in [0, 0.1) is 5.92 Å². The molecule has 2 saturated heterocycles. The number of hydrogen-bond donors (Lipinski definition) is 1. The van der Waals surface area contributed by atoms with Gasteiger partial charge in [0.15, 0.2) is 0 Å². The number of carbonyl (C=O) groups excluding carboxylic acids is 2. The van der Waals surface area contributed by atoms with Crippen LogP contribution >= 0.6 is 0 Å². The molecular weight excluding hydrogens is 366 g/mol. The van der Waals surface area contributed by atoms with E-state index in [0.717, 1.165) is 49.0 Å². The molecule has 152 valence electrons. The Bertz CT molecular complexity index is 970. The maximum atomic E-state index is 13.6. The van der Waals surface area contributed by atoms with Gasteiger partial charge in [-0.05, 0) is 43.9 Å². The van der Waals surface area contributed by atoms with E-state index in [0.29, 0.717) is 12.6 Å². The van der Waals surface area contributed by atoms with E-state index < -0.39 is 5.54 Å². The first-order chi connectivity index (χ1) is 14.0. The van der Waals surface area contributed by atoms with E-state index >= 15 is 0 Å². The summed E-state index contributed by atoms with van der Waals surface area (Å²) in [5.74, 6) is -0.326. The molecule has 5 rings (SSSR count). The first kappa shape index (κ1) is 18.4. The third-order valence-corrected chi connectivity index (χ3v) is 6.94. The molecule has 7 heteroatoms. The molecular formula is C22H27N5O2. The molecule has 1 aromatic carbocycles. The van der Waals surface area contributed by atoms with Gasteiger partial charge in [0.1, 0.15) is 5.54 Å². The lowest BCUT2D eigenvalue weighted by atomic mass is 9.78. The molecule has 0 saturated carbocycles. The summed E-state index contributed by atoms with van der Waals surface area (Å²) in [6.07, 6.45) is 7.46. The topological polar surface area (TPSA) is 70.5 Å². The molecule has 0 bridgehead atoms. The highest BCUT2D eigenvalue weighted by Crippen LogP contribution is 2.55. The average molecular weight is 393 g/mol. The van der Waals surface area contributed by atoms with Crippen molar-refractivity contribution in [2.24, 2.45) is 13.0 Å². The van der Waals surface area contributed by atoms with Crippen LogP contribution in [-0.2, 0) is 28.6 Å². The second kappa shape index (κ2) is 6.69. The van der Waals surface area contributed by atoms with Gasteiger partial charge in [-0.2, -0.15) is 5.10 Å². The zero-order chi connectivity index (χ0) is 20.2. The van der Waals surface area contributed by atoms with Gasteiger partial charge in [-0.1, -0.05) is 18.2 Å². The normalized spacial score (nSPS) is 27.9. The quantitative estimate of drug-likeness (QED) is 0.859. The van der Waals surface area contributed by atoms with E-state index in [4.69, 9.17) is 0 Å². The molecule has 3 aliphatic rings. The molecule has 1 spiro atoms. The van der Waals surface area contributed by atoms with Crippen LogP contribution in [-0.4, -0.2) is 57.6 Å². The molecule has 0 aliphatic carbocycles. The minimum absolute atomic E-state index is 0.0397. The SMILES string of the molecule is CN(CCc1cnn(C)c1)C(=O)[C@H]1C[C@H]2CCCN2[C@]12C(=O)Nc1ccccc12. The Balaban J connectivity index is 1.45. The van der Waals surface area contributed by atoms with Crippen molar-refractivity contribution in [1.29, 1.82) is 0 Å². The third-order valence-electron chi connectivity index (χ3n) is 6.94. The molecule has 2 aromatic rings. The average Bonchev–Trinajstić information content (AvgIpc) is 3.45. The zero-order valence-electron chi connectivity index (χ0n) is 17.0. The molecule has 3 aliphatic heterocycles. The highest BCUT2D eigenvalue weighted by Gasteiger charge is 2.65. The molecule has 4 heterocycles. The van der Waals surface area contributed by atoms with E-state index in [2.05, 4.69) is 15.3 Å². The van der Waals surface area contributed by atoms with Crippen molar-refractivity contribution in [2.45, 2.75) is 37.3 Å². The van der Waals surface area contributed by atoms with Crippen molar-refractivity contribution in [3.8, 4) is 0 Å². The van der Waals surface area contributed by atoms with Crippen molar-refractivity contribution in [3.63, 3.8) is 0 Å². The van der Waals surface area contributed by atoms with E-state index in [-0.39, 0.29) is 17.7 Å². The van der Waals surface area contributed by atoms with E-state index in [1.165, 1.54) is 0 Å². The predicted octanol–water partition coefficient (Wildman–Crippen LogP) is 1.75. The molecule has 0 radical (unpaired) electrons. The molecule has 1 aromatic heterocycles. The van der Waals surface area contributed by atoms with Crippen molar-refractivity contribution in [1.82, 2.24) is 19.6 Å². The van der Waals surface area contributed by atoms with Crippen molar-refractivity contribution < 1.29 is 9.59 Å². The summed E-state index contributed by atoms with van der Waals surface area (Å²) in [5.41, 5.74) is 2.06. The van der Waals surface area contributed by atoms with Gasteiger partial charge in [0.2, 0.25) is 11.8 Å². The van der Waals surface area contributed by atoms with Crippen LogP contribution in [0.1, 0.15) is 30.4 Å². The molecule has 7 nitrogen and oxygen atoms in total. The predicted molar refractivity (Wildman–Crippen MR) is 109 cm³/mol. The number of aromatic nitrogens is 2. The van der Waals surface area contributed by atoms with E-state index in [9.17, 15) is 9.59 Å². The lowest BCUT2D eigenvalue weighted by Crippen LogP contribution is -2.54. The number of anilines is 1. The van der Waals surface area contributed by atoms with Gasteiger partial charge in [0.05, 0.1) is 12.1 Å². The lowest BCUT2D eigenvalue weighted by molar-refractivity contribution is -0.143. The largest absolute Gasteiger partial charge is 0.345 e. The highest BCUT2D eigenvalue weighted by molar-refractivity contribution is 6.09. The summed E-state index contributed by atoms with van der Waals surface area (Å²) in [4.78, 5) is 31.1. The van der Waals surface area contributed by atoms with Gasteiger partial charge in [-0.3, -0.25) is 19.2 Å². The Morgan fingerprint density at radius 2 is 2.21 bits per heavy atom. The number of para-hydroxylation sites is 1. The number of benzene rings is 1. The maximum absolute atomic E-state index is 13.6. The van der Waals surface area contributed by atoms with Crippen LogP contribution in [0.5, 0.6) is 0 Å². The summed E-state index contributed by atoms with van der Waals surface area (Å²) < 4.78 is 1.78. The fraction of sp³-hybridized carbons (Fsp3) is 0.500. The fourth-order valence-electron chi connectivity index (χ4n) is 5.64. The molecule has 3 atom stereocenters. The van der Waals surface area contributed by atoms with Crippen molar-refractivity contribution >= 4 is 17.5 Å². The third kappa shape index (κ3) is 2.64. The minimum atomic E-state index is -0.864. The van der Waals surface area contributed by atoms with E-state index in [1.54, 1.807) is 9.58 Å².